The average Bonchev–Trinajstić information content (AvgIpc) is 2.94. The quantitative estimate of drug-likeness (QED) is 0.854. The fraction of sp³-hybridized carbons (Fsp3) is 0.647. The number of aryl methyl sites for hydroxylation is 1. The van der Waals surface area contributed by atoms with Gasteiger partial charge >= 0.3 is 0 Å². The van der Waals surface area contributed by atoms with E-state index in [1.54, 1.807) is 11.1 Å². The molecule has 0 radical (unpaired) electrons. The molecule has 0 bridgehead atoms. The van der Waals surface area contributed by atoms with E-state index in [2.05, 4.69) is 36.6 Å². The number of hydrogen-bond donors (Lipinski definition) is 1. The normalized spacial score (nSPS) is 28.3. The van der Waals surface area contributed by atoms with E-state index in [-0.39, 0.29) is 0 Å². The maximum atomic E-state index is 3.50. The highest BCUT2D eigenvalue weighted by atomic mass is 14.8. The first-order valence-electron chi connectivity index (χ1n) is 7.60. The molecule has 2 aliphatic carbocycles. The van der Waals surface area contributed by atoms with Crippen molar-refractivity contribution < 1.29 is 0 Å². The van der Waals surface area contributed by atoms with Crippen LogP contribution < -0.4 is 5.32 Å². The second-order valence-corrected chi connectivity index (χ2v) is 6.18. The number of likely N-dealkylation sites (N-methyl/N-ethyl adjacent to an activating group) is 1. The fourth-order valence-electron chi connectivity index (χ4n) is 4.50. The molecule has 1 fully saturated rings. The van der Waals surface area contributed by atoms with E-state index < -0.39 is 0 Å². The molecule has 1 aromatic carbocycles. The van der Waals surface area contributed by atoms with Gasteiger partial charge in [-0.25, -0.2) is 0 Å². The lowest BCUT2D eigenvalue weighted by molar-refractivity contribution is 0.228. The maximum Gasteiger partial charge on any atom is 0.0109 e. The summed E-state index contributed by atoms with van der Waals surface area (Å²) in [5.41, 5.74) is 3.71. The van der Waals surface area contributed by atoms with Crippen molar-refractivity contribution in [1.82, 2.24) is 5.32 Å². The van der Waals surface area contributed by atoms with Crippen molar-refractivity contribution >= 4 is 0 Å². The van der Waals surface area contributed by atoms with Crippen molar-refractivity contribution in [1.29, 1.82) is 0 Å². The SMILES string of the molecule is CNCC1(C2CCCC2)CCCc2ccccc21. The van der Waals surface area contributed by atoms with Crippen LogP contribution in [0.4, 0.5) is 0 Å². The summed E-state index contributed by atoms with van der Waals surface area (Å²) in [6.07, 6.45) is 9.81. The first kappa shape index (κ1) is 12.2. The summed E-state index contributed by atoms with van der Waals surface area (Å²) in [7, 11) is 2.12. The van der Waals surface area contributed by atoms with Gasteiger partial charge < -0.3 is 5.32 Å². The first-order valence-corrected chi connectivity index (χ1v) is 7.60. The third-order valence-electron chi connectivity index (χ3n) is 5.25. The zero-order chi connectivity index (χ0) is 12.4. The van der Waals surface area contributed by atoms with E-state index in [0.717, 1.165) is 12.5 Å². The van der Waals surface area contributed by atoms with Gasteiger partial charge in [-0.2, -0.15) is 0 Å². The van der Waals surface area contributed by atoms with Crippen LogP contribution in [0.1, 0.15) is 49.7 Å². The second kappa shape index (κ2) is 5.05. The molecule has 1 nitrogen and oxygen atoms in total. The summed E-state index contributed by atoms with van der Waals surface area (Å²) in [6, 6.07) is 9.21. The Kier molecular flexibility index (Phi) is 3.43. The molecule has 0 spiro atoms. The highest BCUT2D eigenvalue weighted by molar-refractivity contribution is 5.38. The molecular formula is C17H25N. The molecule has 1 unspecified atom stereocenters. The lowest BCUT2D eigenvalue weighted by Crippen LogP contribution is -2.45. The standard InChI is InChI=1S/C17H25N/c1-18-13-17(15-9-3-4-10-15)12-6-8-14-7-2-5-11-16(14)17/h2,5,7,11,15,18H,3-4,6,8-10,12-13H2,1H3. The van der Waals surface area contributed by atoms with Gasteiger partial charge in [-0.05, 0) is 56.2 Å². The van der Waals surface area contributed by atoms with Gasteiger partial charge in [0.1, 0.15) is 0 Å². The minimum absolute atomic E-state index is 0.431. The molecule has 0 saturated heterocycles. The minimum Gasteiger partial charge on any atom is -0.319 e. The molecule has 0 aromatic heterocycles. The lowest BCUT2D eigenvalue weighted by atomic mass is 9.62. The minimum atomic E-state index is 0.431. The number of nitrogens with one attached hydrogen (secondary N) is 1. The second-order valence-electron chi connectivity index (χ2n) is 6.18. The highest BCUT2D eigenvalue weighted by Crippen LogP contribution is 2.48. The van der Waals surface area contributed by atoms with Crippen LogP contribution in [0.3, 0.4) is 0 Å². The number of hydrogen-bond acceptors (Lipinski definition) is 1. The highest BCUT2D eigenvalue weighted by Gasteiger charge is 2.43. The molecule has 98 valence electrons. The van der Waals surface area contributed by atoms with Crippen molar-refractivity contribution in [3.8, 4) is 0 Å². The van der Waals surface area contributed by atoms with Crippen LogP contribution in [0.25, 0.3) is 0 Å². The number of rotatable bonds is 3. The van der Waals surface area contributed by atoms with Crippen molar-refractivity contribution in [2.45, 2.75) is 50.4 Å². The predicted octanol–water partition coefficient (Wildman–Crippen LogP) is 3.67. The fourth-order valence-corrected chi connectivity index (χ4v) is 4.50. The van der Waals surface area contributed by atoms with Crippen molar-refractivity contribution in [3.05, 3.63) is 35.4 Å². The Morgan fingerprint density at radius 2 is 1.94 bits per heavy atom. The summed E-state index contributed by atoms with van der Waals surface area (Å²) in [5.74, 6) is 0.909. The van der Waals surface area contributed by atoms with Crippen molar-refractivity contribution in [3.63, 3.8) is 0 Å². The van der Waals surface area contributed by atoms with Crippen LogP contribution in [-0.4, -0.2) is 13.6 Å². The van der Waals surface area contributed by atoms with Gasteiger partial charge in [-0.3, -0.25) is 0 Å². The number of fused-ring (bicyclic) bond motifs is 1. The monoisotopic (exact) mass is 243 g/mol. The Balaban J connectivity index is 2.04. The van der Waals surface area contributed by atoms with Crippen molar-refractivity contribution in [2.24, 2.45) is 5.92 Å². The molecule has 1 heteroatoms. The van der Waals surface area contributed by atoms with Gasteiger partial charge in [0, 0.05) is 12.0 Å². The van der Waals surface area contributed by atoms with E-state index in [0.29, 0.717) is 5.41 Å². The van der Waals surface area contributed by atoms with Crippen LogP contribution >= 0.6 is 0 Å². The summed E-state index contributed by atoms with van der Waals surface area (Å²) >= 11 is 0. The lowest BCUT2D eigenvalue weighted by Gasteiger charge is -2.44. The van der Waals surface area contributed by atoms with Gasteiger partial charge in [0.2, 0.25) is 0 Å². The molecule has 1 atom stereocenters. The van der Waals surface area contributed by atoms with Gasteiger partial charge in [0.05, 0.1) is 0 Å². The smallest absolute Gasteiger partial charge is 0.0109 e. The van der Waals surface area contributed by atoms with E-state index in [9.17, 15) is 0 Å². The Morgan fingerprint density at radius 3 is 2.72 bits per heavy atom. The summed E-state index contributed by atoms with van der Waals surface area (Å²) < 4.78 is 0. The topological polar surface area (TPSA) is 12.0 Å². The van der Waals surface area contributed by atoms with Crippen LogP contribution in [0.15, 0.2) is 24.3 Å². The van der Waals surface area contributed by atoms with Gasteiger partial charge in [0.25, 0.3) is 0 Å². The average molecular weight is 243 g/mol. The molecule has 0 aliphatic heterocycles. The molecule has 2 aliphatic rings. The van der Waals surface area contributed by atoms with Gasteiger partial charge in [0.15, 0.2) is 0 Å². The van der Waals surface area contributed by atoms with E-state index in [4.69, 9.17) is 0 Å². The van der Waals surface area contributed by atoms with E-state index >= 15 is 0 Å². The first-order chi connectivity index (χ1) is 8.87. The predicted molar refractivity (Wildman–Crippen MR) is 76.9 cm³/mol. The zero-order valence-electron chi connectivity index (χ0n) is 11.5. The van der Waals surface area contributed by atoms with Crippen LogP contribution in [0.5, 0.6) is 0 Å². The Hall–Kier alpha value is -0.820. The molecule has 1 aromatic rings. The molecule has 1 N–H and O–H groups in total. The largest absolute Gasteiger partial charge is 0.319 e. The van der Waals surface area contributed by atoms with Crippen LogP contribution in [0, 0.1) is 5.92 Å². The Morgan fingerprint density at radius 1 is 1.17 bits per heavy atom. The molecular weight excluding hydrogens is 218 g/mol. The van der Waals surface area contributed by atoms with Gasteiger partial charge in [-0.15, -0.1) is 0 Å². The van der Waals surface area contributed by atoms with Gasteiger partial charge in [-0.1, -0.05) is 37.1 Å². The molecule has 18 heavy (non-hydrogen) atoms. The van der Waals surface area contributed by atoms with Crippen LogP contribution in [0.2, 0.25) is 0 Å². The molecule has 0 amide bonds. The molecule has 0 heterocycles. The third kappa shape index (κ3) is 1.89. The maximum absolute atomic E-state index is 3.50. The summed E-state index contributed by atoms with van der Waals surface area (Å²) in [5, 5.41) is 3.50. The summed E-state index contributed by atoms with van der Waals surface area (Å²) in [4.78, 5) is 0. The summed E-state index contributed by atoms with van der Waals surface area (Å²) in [6.45, 7) is 1.16. The third-order valence-corrected chi connectivity index (χ3v) is 5.25. The zero-order valence-corrected chi connectivity index (χ0v) is 11.5. The Labute approximate surface area is 111 Å². The molecule has 1 saturated carbocycles. The van der Waals surface area contributed by atoms with E-state index in [1.165, 1.54) is 44.9 Å². The van der Waals surface area contributed by atoms with E-state index in [1.807, 2.05) is 0 Å². The Bertz CT molecular complexity index is 406. The van der Waals surface area contributed by atoms with Crippen LogP contribution in [-0.2, 0) is 11.8 Å². The molecule has 3 rings (SSSR count). The van der Waals surface area contributed by atoms with Crippen molar-refractivity contribution in [2.75, 3.05) is 13.6 Å². The number of benzene rings is 1.